The maximum absolute atomic E-state index is 11.6. The summed E-state index contributed by atoms with van der Waals surface area (Å²) in [6.07, 6.45) is 0. The lowest BCUT2D eigenvalue weighted by Gasteiger charge is -2.36. The number of aromatic nitrogens is 2. The number of amides is 1. The van der Waals surface area contributed by atoms with Crippen LogP contribution in [0.25, 0.3) is 10.7 Å². The van der Waals surface area contributed by atoms with Gasteiger partial charge in [-0.3, -0.25) is 9.69 Å². The Morgan fingerprint density at radius 3 is 2.67 bits per heavy atom. The standard InChI is InChI=1S/C14H19N5O2S.2ClH/c1-10(18-4-6-19(7-5-18)12(20)9-15)14-16-13(17-21-14)11-3-2-8-22-11;;/h2-3,8,10H,4-7,9,15H2,1H3;2*1H. The Labute approximate surface area is 157 Å². The van der Waals surface area contributed by atoms with E-state index >= 15 is 0 Å². The number of nitrogens with two attached hydrogens (primary N) is 1. The number of carbonyl (C=O) groups is 1. The third-order valence-electron chi connectivity index (χ3n) is 3.93. The average molecular weight is 394 g/mol. The highest BCUT2D eigenvalue weighted by molar-refractivity contribution is 7.13. The van der Waals surface area contributed by atoms with Gasteiger partial charge in [0.2, 0.25) is 17.6 Å². The molecule has 0 spiro atoms. The lowest BCUT2D eigenvalue weighted by Crippen LogP contribution is -2.50. The number of thiophene rings is 1. The molecule has 3 rings (SSSR count). The Balaban J connectivity index is 0.00000144. The topological polar surface area (TPSA) is 88.5 Å². The van der Waals surface area contributed by atoms with Crippen molar-refractivity contribution in [2.75, 3.05) is 32.7 Å². The predicted molar refractivity (Wildman–Crippen MR) is 97.7 cm³/mol. The molecule has 0 aromatic carbocycles. The van der Waals surface area contributed by atoms with Gasteiger partial charge in [0.15, 0.2) is 0 Å². The third kappa shape index (κ3) is 4.46. The minimum Gasteiger partial charge on any atom is -0.339 e. The Hall–Kier alpha value is -1.19. The van der Waals surface area contributed by atoms with Crippen molar-refractivity contribution in [1.29, 1.82) is 0 Å². The average Bonchev–Trinajstić information content (AvgIpc) is 3.24. The Morgan fingerprint density at radius 1 is 1.38 bits per heavy atom. The number of hydrogen-bond donors (Lipinski definition) is 1. The van der Waals surface area contributed by atoms with Crippen LogP contribution < -0.4 is 5.73 Å². The smallest absolute Gasteiger partial charge is 0.244 e. The van der Waals surface area contributed by atoms with Crippen molar-refractivity contribution in [2.45, 2.75) is 13.0 Å². The molecule has 1 aliphatic rings. The summed E-state index contributed by atoms with van der Waals surface area (Å²) in [7, 11) is 0. The van der Waals surface area contributed by atoms with Crippen molar-refractivity contribution in [2.24, 2.45) is 5.73 Å². The van der Waals surface area contributed by atoms with Gasteiger partial charge < -0.3 is 15.2 Å². The summed E-state index contributed by atoms with van der Waals surface area (Å²) in [6.45, 7) is 5.06. The highest BCUT2D eigenvalue weighted by Crippen LogP contribution is 2.25. The Morgan fingerprint density at radius 2 is 2.08 bits per heavy atom. The molecular formula is C14H21Cl2N5O2S. The molecule has 10 heteroatoms. The zero-order chi connectivity index (χ0) is 15.5. The second-order valence-corrected chi connectivity index (χ2v) is 6.18. The molecule has 1 amide bonds. The highest BCUT2D eigenvalue weighted by Gasteiger charge is 2.27. The van der Waals surface area contributed by atoms with E-state index in [1.165, 1.54) is 0 Å². The van der Waals surface area contributed by atoms with Crippen LogP contribution >= 0.6 is 36.2 Å². The molecule has 0 aliphatic carbocycles. The lowest BCUT2D eigenvalue weighted by molar-refractivity contribution is -0.131. The molecular weight excluding hydrogens is 373 g/mol. The summed E-state index contributed by atoms with van der Waals surface area (Å²) in [5.41, 5.74) is 5.40. The fraction of sp³-hybridized carbons (Fsp3) is 0.500. The van der Waals surface area contributed by atoms with Crippen LogP contribution in [0.2, 0.25) is 0 Å². The zero-order valence-electron chi connectivity index (χ0n) is 13.3. The van der Waals surface area contributed by atoms with Crippen molar-refractivity contribution in [3.63, 3.8) is 0 Å². The van der Waals surface area contributed by atoms with E-state index in [0.29, 0.717) is 24.8 Å². The van der Waals surface area contributed by atoms with Crippen LogP contribution in [0.1, 0.15) is 18.9 Å². The number of hydrogen-bond acceptors (Lipinski definition) is 7. The molecule has 7 nitrogen and oxygen atoms in total. The van der Waals surface area contributed by atoms with Crippen molar-refractivity contribution < 1.29 is 9.32 Å². The molecule has 2 aromatic rings. The van der Waals surface area contributed by atoms with E-state index < -0.39 is 0 Å². The van der Waals surface area contributed by atoms with Gasteiger partial charge in [-0.05, 0) is 18.4 Å². The quantitative estimate of drug-likeness (QED) is 0.851. The normalized spacial score (nSPS) is 16.2. The number of piperazine rings is 1. The van der Waals surface area contributed by atoms with Gasteiger partial charge in [0.25, 0.3) is 0 Å². The molecule has 3 heterocycles. The van der Waals surface area contributed by atoms with Crippen LogP contribution in [0, 0.1) is 0 Å². The van der Waals surface area contributed by atoms with Gasteiger partial charge >= 0.3 is 0 Å². The molecule has 0 bridgehead atoms. The first kappa shape index (κ1) is 20.9. The van der Waals surface area contributed by atoms with Crippen molar-refractivity contribution in [1.82, 2.24) is 19.9 Å². The van der Waals surface area contributed by atoms with E-state index in [9.17, 15) is 4.79 Å². The van der Waals surface area contributed by atoms with Crippen molar-refractivity contribution in [3.05, 3.63) is 23.4 Å². The third-order valence-corrected chi connectivity index (χ3v) is 4.80. The molecule has 1 aliphatic heterocycles. The molecule has 0 radical (unpaired) electrons. The Bertz CT molecular complexity index is 629. The van der Waals surface area contributed by atoms with Gasteiger partial charge in [-0.2, -0.15) is 4.98 Å². The fourth-order valence-corrected chi connectivity index (χ4v) is 3.20. The van der Waals surface area contributed by atoms with Crippen LogP contribution in [0.4, 0.5) is 0 Å². The lowest BCUT2D eigenvalue weighted by atomic mass is 10.2. The van der Waals surface area contributed by atoms with Gasteiger partial charge in [0.1, 0.15) is 0 Å². The molecule has 134 valence electrons. The molecule has 1 unspecified atom stereocenters. The molecule has 1 fully saturated rings. The monoisotopic (exact) mass is 393 g/mol. The van der Waals surface area contributed by atoms with Crippen LogP contribution in [-0.4, -0.2) is 58.6 Å². The maximum atomic E-state index is 11.6. The largest absolute Gasteiger partial charge is 0.339 e. The molecule has 2 N–H and O–H groups in total. The van der Waals surface area contributed by atoms with Crippen molar-refractivity contribution in [3.8, 4) is 10.7 Å². The summed E-state index contributed by atoms with van der Waals surface area (Å²) in [5, 5.41) is 6.04. The first-order chi connectivity index (χ1) is 10.7. The van der Waals surface area contributed by atoms with Crippen LogP contribution in [-0.2, 0) is 4.79 Å². The summed E-state index contributed by atoms with van der Waals surface area (Å²) in [4.78, 5) is 21.1. The van der Waals surface area contributed by atoms with E-state index in [1.807, 2.05) is 24.4 Å². The van der Waals surface area contributed by atoms with Crippen LogP contribution in [0.5, 0.6) is 0 Å². The molecule has 2 aromatic heterocycles. The second-order valence-electron chi connectivity index (χ2n) is 5.23. The van der Waals surface area contributed by atoms with Gasteiger partial charge in [0, 0.05) is 26.2 Å². The van der Waals surface area contributed by atoms with E-state index in [1.54, 1.807) is 16.2 Å². The number of carbonyl (C=O) groups excluding carboxylic acids is 1. The van der Waals surface area contributed by atoms with Gasteiger partial charge in [-0.15, -0.1) is 36.2 Å². The van der Waals surface area contributed by atoms with E-state index in [2.05, 4.69) is 15.0 Å². The van der Waals surface area contributed by atoms with Crippen LogP contribution in [0.15, 0.2) is 22.0 Å². The van der Waals surface area contributed by atoms with E-state index in [4.69, 9.17) is 10.3 Å². The molecule has 1 atom stereocenters. The second kappa shape index (κ2) is 9.33. The number of nitrogens with zero attached hydrogens (tertiary/aromatic N) is 4. The number of halogens is 2. The SMILES string of the molecule is CC(c1nc(-c2cccs2)no1)N1CCN(C(=O)CN)CC1.Cl.Cl. The van der Waals surface area contributed by atoms with Gasteiger partial charge in [-0.25, -0.2) is 0 Å². The summed E-state index contributed by atoms with van der Waals surface area (Å²) < 4.78 is 5.40. The first-order valence-corrected chi connectivity index (χ1v) is 8.16. The minimum absolute atomic E-state index is 0. The zero-order valence-corrected chi connectivity index (χ0v) is 15.7. The maximum Gasteiger partial charge on any atom is 0.244 e. The van der Waals surface area contributed by atoms with E-state index in [-0.39, 0.29) is 43.3 Å². The molecule has 24 heavy (non-hydrogen) atoms. The van der Waals surface area contributed by atoms with Crippen molar-refractivity contribution >= 4 is 42.1 Å². The number of rotatable bonds is 4. The van der Waals surface area contributed by atoms with Gasteiger partial charge in [-0.1, -0.05) is 11.2 Å². The highest BCUT2D eigenvalue weighted by atomic mass is 35.5. The summed E-state index contributed by atoms with van der Waals surface area (Å²) in [5.74, 6) is 1.25. The fourth-order valence-electron chi connectivity index (χ4n) is 2.55. The Kier molecular flexibility index (Phi) is 8.11. The summed E-state index contributed by atoms with van der Waals surface area (Å²) >= 11 is 1.59. The van der Waals surface area contributed by atoms with Gasteiger partial charge in [0.05, 0.1) is 17.5 Å². The minimum atomic E-state index is 0. The predicted octanol–water partition coefficient (Wildman–Crippen LogP) is 1.81. The molecule has 1 saturated heterocycles. The summed E-state index contributed by atoms with van der Waals surface area (Å²) in [6, 6.07) is 3.98. The molecule has 0 saturated carbocycles. The van der Waals surface area contributed by atoms with Crippen LogP contribution in [0.3, 0.4) is 0 Å². The van der Waals surface area contributed by atoms with E-state index in [0.717, 1.165) is 18.0 Å². The first-order valence-electron chi connectivity index (χ1n) is 7.28.